The molecule has 0 amide bonds. The molecule has 1 unspecified atom stereocenters. The van der Waals surface area contributed by atoms with Crippen LogP contribution in [0.2, 0.25) is 0 Å². The molecule has 2 aliphatic rings. The third kappa shape index (κ3) is 4.74. The minimum atomic E-state index is -0.173. The van der Waals surface area contributed by atoms with E-state index in [1.165, 1.54) is 22.9 Å². The molecule has 31 heavy (non-hydrogen) atoms. The highest BCUT2D eigenvalue weighted by Gasteiger charge is 2.19. The van der Waals surface area contributed by atoms with Crippen LogP contribution in [0.15, 0.2) is 87.9 Å². The summed E-state index contributed by atoms with van der Waals surface area (Å²) in [5.74, 6) is 0.469. The van der Waals surface area contributed by atoms with Gasteiger partial charge in [0.2, 0.25) is 0 Å². The van der Waals surface area contributed by atoms with Crippen LogP contribution in [0.5, 0.6) is 0 Å². The van der Waals surface area contributed by atoms with Crippen molar-refractivity contribution in [2.45, 2.75) is 25.7 Å². The molecule has 0 bridgehead atoms. The number of nitrogens with zero attached hydrogens (tertiary/aromatic N) is 1. The van der Waals surface area contributed by atoms with Crippen LogP contribution < -0.4 is 0 Å². The van der Waals surface area contributed by atoms with Gasteiger partial charge in [-0.3, -0.25) is 4.90 Å². The van der Waals surface area contributed by atoms with E-state index in [1.807, 2.05) is 18.2 Å². The lowest BCUT2D eigenvalue weighted by Crippen LogP contribution is -2.38. The largest absolute Gasteiger partial charge is 0.456 e. The molecule has 1 fully saturated rings. The number of rotatable bonds is 5. The fourth-order valence-electron chi connectivity index (χ4n) is 4.30. The number of hydrogen-bond acceptors (Lipinski definition) is 2. The molecule has 0 spiro atoms. The first kappa shape index (κ1) is 20.4. The van der Waals surface area contributed by atoms with Gasteiger partial charge in [0.1, 0.15) is 17.2 Å². The molecule has 158 valence electrons. The number of likely N-dealkylation sites (tertiary alicyclic amines) is 1. The summed E-state index contributed by atoms with van der Waals surface area (Å²) >= 11 is 0. The predicted molar refractivity (Wildman–Crippen MR) is 130 cm³/mol. The maximum absolute atomic E-state index is 15.3. The molecule has 0 N–H and O–H groups in total. The molecular weight excluding hydrogens is 404 g/mol. The lowest BCUT2D eigenvalue weighted by atomic mass is 10.00. The van der Waals surface area contributed by atoms with Gasteiger partial charge in [-0.05, 0) is 79.7 Å². The lowest BCUT2D eigenvalue weighted by Gasteiger charge is -2.31. The quantitative estimate of drug-likeness (QED) is 0.409. The van der Waals surface area contributed by atoms with Gasteiger partial charge in [-0.1, -0.05) is 47.8 Å². The predicted octanol–water partition coefficient (Wildman–Crippen LogP) is 6.89. The van der Waals surface area contributed by atoms with E-state index in [0.29, 0.717) is 17.8 Å². The summed E-state index contributed by atoms with van der Waals surface area (Å²) < 4.78 is 21.4. The van der Waals surface area contributed by atoms with E-state index >= 15 is 4.39 Å². The highest BCUT2D eigenvalue weighted by atomic mass is 31.0. The van der Waals surface area contributed by atoms with Crippen molar-refractivity contribution in [2.24, 2.45) is 0 Å². The summed E-state index contributed by atoms with van der Waals surface area (Å²) in [7, 11) is 2.82. The van der Waals surface area contributed by atoms with Crippen LogP contribution in [0.1, 0.15) is 36.1 Å². The van der Waals surface area contributed by atoms with Crippen molar-refractivity contribution < 1.29 is 8.81 Å². The average molecular weight is 431 g/mol. The van der Waals surface area contributed by atoms with Crippen LogP contribution in [0.3, 0.4) is 0 Å². The summed E-state index contributed by atoms with van der Waals surface area (Å²) in [4.78, 5) is 2.35. The average Bonchev–Trinajstić information content (AvgIpc) is 3.13. The Balaban J connectivity index is 1.45. The fraction of sp³-hybridized carbons (Fsp3) is 0.259. The van der Waals surface area contributed by atoms with Crippen molar-refractivity contribution in [3.05, 3.63) is 100 Å². The zero-order valence-corrected chi connectivity index (χ0v) is 18.8. The molecule has 1 atom stereocenters. The van der Waals surface area contributed by atoms with Crippen molar-refractivity contribution in [2.75, 3.05) is 19.6 Å². The molecule has 0 radical (unpaired) electrons. The molecule has 2 heterocycles. The van der Waals surface area contributed by atoms with Crippen LogP contribution in [0.4, 0.5) is 4.39 Å². The molecular formula is C27H27FNOP. The van der Waals surface area contributed by atoms with Crippen molar-refractivity contribution in [3.63, 3.8) is 0 Å². The van der Waals surface area contributed by atoms with Crippen LogP contribution in [0, 0.1) is 0 Å². The molecule has 4 heteroatoms. The number of hydrogen-bond donors (Lipinski definition) is 0. The van der Waals surface area contributed by atoms with Gasteiger partial charge >= 0.3 is 0 Å². The van der Waals surface area contributed by atoms with Gasteiger partial charge in [0.25, 0.3) is 0 Å². The Morgan fingerprint density at radius 1 is 0.935 bits per heavy atom. The van der Waals surface area contributed by atoms with Crippen molar-refractivity contribution >= 4 is 25.8 Å². The van der Waals surface area contributed by atoms with E-state index in [4.69, 9.17) is 4.42 Å². The zero-order valence-electron chi connectivity index (χ0n) is 17.6. The first-order valence-corrected chi connectivity index (χ1v) is 11.6. The van der Waals surface area contributed by atoms with Crippen LogP contribution in [0.25, 0.3) is 16.5 Å². The molecule has 1 aliphatic carbocycles. The Kier molecular flexibility index (Phi) is 5.89. The number of benzene rings is 2. The van der Waals surface area contributed by atoms with Gasteiger partial charge < -0.3 is 4.42 Å². The highest BCUT2D eigenvalue weighted by molar-refractivity contribution is 7.22. The zero-order chi connectivity index (χ0) is 21.2. The van der Waals surface area contributed by atoms with Gasteiger partial charge in [0, 0.05) is 17.5 Å². The molecule has 3 aromatic rings. The number of fused-ring (bicyclic) bond motifs is 1. The summed E-state index contributed by atoms with van der Waals surface area (Å²) in [6, 6.07) is 18.7. The maximum Gasteiger partial charge on any atom is 0.134 e. The Labute approximate surface area is 185 Å². The molecule has 2 nitrogen and oxygen atoms in total. The van der Waals surface area contributed by atoms with Gasteiger partial charge in [0.05, 0.1) is 0 Å². The molecule has 2 aromatic carbocycles. The van der Waals surface area contributed by atoms with Gasteiger partial charge in [-0.2, -0.15) is 0 Å². The van der Waals surface area contributed by atoms with E-state index < -0.39 is 0 Å². The van der Waals surface area contributed by atoms with Gasteiger partial charge in [0.15, 0.2) is 0 Å². The van der Waals surface area contributed by atoms with E-state index in [-0.39, 0.29) is 5.83 Å². The minimum absolute atomic E-state index is 0.173. The maximum atomic E-state index is 15.3. The summed E-state index contributed by atoms with van der Waals surface area (Å²) in [5.41, 5.74) is 5.00. The lowest BCUT2D eigenvalue weighted by molar-refractivity contribution is 0.200. The Morgan fingerprint density at radius 3 is 2.55 bits per heavy atom. The Hall–Kier alpha value is -2.48. The van der Waals surface area contributed by atoms with Gasteiger partial charge in [-0.25, -0.2) is 4.39 Å². The minimum Gasteiger partial charge on any atom is -0.456 e. The second-order valence-corrected chi connectivity index (χ2v) is 9.28. The van der Waals surface area contributed by atoms with Crippen LogP contribution >= 0.6 is 9.24 Å². The summed E-state index contributed by atoms with van der Waals surface area (Å²) in [5, 5.41) is 2.23. The number of halogens is 1. The normalized spacial score (nSPS) is 23.4. The number of furan rings is 1. The monoisotopic (exact) mass is 431 g/mol. The van der Waals surface area contributed by atoms with E-state index in [0.717, 1.165) is 49.0 Å². The fourth-order valence-corrected chi connectivity index (χ4v) is 4.66. The third-order valence-corrected chi connectivity index (χ3v) is 6.57. The topological polar surface area (TPSA) is 16.4 Å². The Bertz CT molecular complexity index is 1180. The molecule has 0 saturated carbocycles. The van der Waals surface area contributed by atoms with Crippen molar-refractivity contribution in [1.29, 1.82) is 0 Å². The smallest absolute Gasteiger partial charge is 0.134 e. The first-order valence-electron chi connectivity index (χ1n) is 11.0. The first-order chi connectivity index (χ1) is 15.1. The summed E-state index contributed by atoms with van der Waals surface area (Å²) in [6.07, 6.45) is 7.36. The van der Waals surface area contributed by atoms with Crippen molar-refractivity contribution in [1.82, 2.24) is 4.90 Å². The van der Waals surface area contributed by atoms with Crippen LogP contribution in [-0.2, 0) is 6.42 Å². The molecule has 1 saturated heterocycles. The molecule has 1 aliphatic heterocycles. The van der Waals surface area contributed by atoms with Crippen LogP contribution in [-0.4, -0.2) is 24.5 Å². The SMILES string of the molecule is FC1=C(\c2cc3cc(Cc4ccccc4)ccc3o2)CC\C(P)=C/C(CN2CCC2)=C\1. The van der Waals surface area contributed by atoms with E-state index in [9.17, 15) is 0 Å². The number of allylic oxidation sites excluding steroid dienone is 4. The second-order valence-electron chi connectivity index (χ2n) is 8.54. The Morgan fingerprint density at radius 2 is 1.77 bits per heavy atom. The van der Waals surface area contributed by atoms with E-state index in [1.54, 1.807) is 6.08 Å². The third-order valence-electron chi connectivity index (χ3n) is 6.12. The highest BCUT2D eigenvalue weighted by Crippen LogP contribution is 2.35. The summed E-state index contributed by atoms with van der Waals surface area (Å²) in [6.45, 7) is 3.01. The standard InChI is InChI=1S/C27H27FNOP/c28-25-16-21(18-29-11-4-12-29)15-23(31)8-9-24(25)27-17-22-14-20(7-10-26(22)30-27)13-19-5-2-1-3-6-19/h1-3,5-7,10,14-17H,4,8-9,11-13,18,31H2/b21-16+,23-15+,25-24-. The molecule has 1 aromatic heterocycles. The second kappa shape index (κ2) is 8.94. The van der Waals surface area contributed by atoms with E-state index in [2.05, 4.69) is 56.6 Å². The van der Waals surface area contributed by atoms with Gasteiger partial charge in [-0.15, -0.1) is 9.24 Å². The van der Waals surface area contributed by atoms with Crippen molar-refractivity contribution in [3.8, 4) is 0 Å². The molecule has 5 rings (SSSR count).